The number of fused-ring (bicyclic) bond motifs is 3. The molecule has 2 N–H and O–H groups in total. The van der Waals surface area contributed by atoms with E-state index in [1.165, 1.54) is 12.1 Å². The Morgan fingerprint density at radius 1 is 0.908 bits per heavy atom. The van der Waals surface area contributed by atoms with Crippen LogP contribution in [0.3, 0.4) is 0 Å². The van der Waals surface area contributed by atoms with Gasteiger partial charge < -0.3 is 19.3 Å². The van der Waals surface area contributed by atoms with Gasteiger partial charge in [0.15, 0.2) is 0 Å². The first-order valence-corrected chi connectivity index (χ1v) is 22.3. The molecule has 334 valence electrons. The van der Waals surface area contributed by atoms with Crippen LogP contribution in [0.2, 0.25) is 5.02 Å². The highest BCUT2D eigenvalue weighted by molar-refractivity contribution is 6.35. The van der Waals surface area contributed by atoms with E-state index in [1.807, 2.05) is 85.8 Å². The van der Waals surface area contributed by atoms with Crippen LogP contribution in [0.1, 0.15) is 74.2 Å². The second-order valence-electron chi connectivity index (χ2n) is 17.1. The number of hydrogen-bond donors (Lipinski definition) is 2. The van der Waals surface area contributed by atoms with E-state index in [0.717, 1.165) is 55.1 Å². The van der Waals surface area contributed by atoms with Crippen molar-refractivity contribution in [2.24, 2.45) is 7.05 Å². The summed E-state index contributed by atoms with van der Waals surface area (Å²) in [5.74, 6) is -1.94. The van der Waals surface area contributed by atoms with Crippen molar-refractivity contribution in [3.8, 4) is 16.9 Å². The smallest absolute Gasteiger partial charge is 0.352 e. The van der Waals surface area contributed by atoms with E-state index >= 15 is 0 Å². The Hall–Kier alpha value is -6.64. The highest BCUT2D eigenvalue weighted by Gasteiger charge is 2.31. The SMILES string of the molecule is Cc1nc2ccc(C(=O)N3CCN(CCn4c(C(=O)O)c(CCCOc5cccc6cc(F)ccc56)c5ccc(Cl)c(-c6c(C)nn(C)c6C)c54)CC3)cc2cc1C1CCC(=O)NC1=O. The summed E-state index contributed by atoms with van der Waals surface area (Å²) in [5, 5.41) is 21.7. The molecule has 5 heterocycles. The highest BCUT2D eigenvalue weighted by Crippen LogP contribution is 2.42. The summed E-state index contributed by atoms with van der Waals surface area (Å²) >= 11 is 7.07. The van der Waals surface area contributed by atoms with Gasteiger partial charge in [-0.2, -0.15) is 5.10 Å². The van der Waals surface area contributed by atoms with Gasteiger partial charge in [0.05, 0.1) is 34.3 Å². The average molecular weight is 898 g/mol. The van der Waals surface area contributed by atoms with Crippen LogP contribution in [0.5, 0.6) is 5.75 Å². The number of halogens is 2. The lowest BCUT2D eigenvalue weighted by molar-refractivity contribution is -0.134. The number of aromatic carboxylic acids is 1. The summed E-state index contributed by atoms with van der Waals surface area (Å²) in [4.78, 5) is 60.6. The van der Waals surface area contributed by atoms with Gasteiger partial charge in [-0.1, -0.05) is 29.8 Å². The number of rotatable bonds is 12. The topological polar surface area (TPSA) is 152 Å². The molecule has 3 aromatic heterocycles. The molecular formula is C50H49ClFN7O6. The molecule has 2 aliphatic heterocycles. The Balaban J connectivity index is 0.950. The van der Waals surface area contributed by atoms with E-state index in [0.29, 0.717) is 98.2 Å². The Morgan fingerprint density at radius 2 is 1.69 bits per heavy atom. The van der Waals surface area contributed by atoms with Crippen LogP contribution in [0.4, 0.5) is 4.39 Å². The number of nitrogens with one attached hydrogen (secondary N) is 1. The molecule has 0 spiro atoms. The number of carboxylic acids is 1. The molecule has 13 nitrogen and oxygen atoms in total. The number of carbonyl (C=O) groups is 4. The van der Waals surface area contributed by atoms with E-state index in [4.69, 9.17) is 21.3 Å². The maximum atomic E-state index is 13.9. The molecule has 2 aliphatic rings. The zero-order valence-corrected chi connectivity index (χ0v) is 37.5. The molecule has 0 bridgehead atoms. The second kappa shape index (κ2) is 17.7. The fourth-order valence-electron chi connectivity index (χ4n) is 9.73. The first kappa shape index (κ1) is 43.6. The van der Waals surface area contributed by atoms with E-state index < -0.39 is 11.9 Å². The molecule has 3 amide bonds. The van der Waals surface area contributed by atoms with Gasteiger partial charge in [0.25, 0.3) is 5.91 Å². The Kier molecular flexibility index (Phi) is 11.9. The number of benzene rings is 4. The van der Waals surface area contributed by atoms with Crippen LogP contribution in [-0.4, -0.2) is 97.3 Å². The number of aromatic nitrogens is 4. The number of hydrogen-bond acceptors (Lipinski definition) is 8. The summed E-state index contributed by atoms with van der Waals surface area (Å²) in [6.45, 7) is 9.07. The lowest BCUT2D eigenvalue weighted by atomic mass is 9.88. The summed E-state index contributed by atoms with van der Waals surface area (Å²) in [5.41, 5.74) is 7.59. The third-order valence-corrected chi connectivity index (χ3v) is 13.4. The predicted molar refractivity (Wildman–Crippen MR) is 247 cm³/mol. The van der Waals surface area contributed by atoms with Crippen molar-refractivity contribution in [2.75, 3.05) is 39.3 Å². The Labute approximate surface area is 379 Å². The molecule has 1 atom stereocenters. The van der Waals surface area contributed by atoms with Crippen LogP contribution in [0.15, 0.2) is 72.8 Å². The number of amides is 3. The van der Waals surface area contributed by atoms with Gasteiger partial charge in [-0.3, -0.25) is 34.3 Å². The summed E-state index contributed by atoms with van der Waals surface area (Å²) in [6, 6.07) is 21.2. The lowest BCUT2D eigenvalue weighted by Gasteiger charge is -2.35. The average Bonchev–Trinajstić information content (AvgIpc) is 3.74. The van der Waals surface area contributed by atoms with E-state index in [1.54, 1.807) is 16.8 Å². The van der Waals surface area contributed by atoms with Gasteiger partial charge in [-0.25, -0.2) is 9.18 Å². The molecule has 4 aromatic carbocycles. The maximum Gasteiger partial charge on any atom is 0.352 e. The van der Waals surface area contributed by atoms with Crippen LogP contribution in [0.25, 0.3) is 43.7 Å². The van der Waals surface area contributed by atoms with Gasteiger partial charge in [0.1, 0.15) is 17.3 Å². The van der Waals surface area contributed by atoms with Crippen molar-refractivity contribution in [2.45, 2.75) is 58.9 Å². The van der Waals surface area contributed by atoms with E-state index in [-0.39, 0.29) is 35.7 Å². The summed E-state index contributed by atoms with van der Waals surface area (Å²) in [6.07, 6.45) is 1.61. The minimum atomic E-state index is -1.05. The first-order chi connectivity index (χ1) is 31.3. The molecule has 2 saturated heterocycles. The molecule has 0 aliphatic carbocycles. The van der Waals surface area contributed by atoms with Crippen LogP contribution < -0.4 is 10.1 Å². The van der Waals surface area contributed by atoms with Gasteiger partial charge in [-0.05, 0) is 111 Å². The molecule has 0 saturated carbocycles. The summed E-state index contributed by atoms with van der Waals surface area (Å²) < 4.78 is 23.9. The summed E-state index contributed by atoms with van der Waals surface area (Å²) in [7, 11) is 1.88. The minimum Gasteiger partial charge on any atom is -0.493 e. The number of ether oxygens (including phenoxy) is 1. The third-order valence-electron chi connectivity index (χ3n) is 13.1. The third kappa shape index (κ3) is 8.32. The monoisotopic (exact) mass is 897 g/mol. The van der Waals surface area contributed by atoms with Crippen LogP contribution in [-0.2, 0) is 29.6 Å². The van der Waals surface area contributed by atoms with Crippen molar-refractivity contribution in [3.63, 3.8) is 0 Å². The quantitative estimate of drug-likeness (QED) is 0.0915. The predicted octanol–water partition coefficient (Wildman–Crippen LogP) is 8.15. The molecule has 7 aromatic rings. The Bertz CT molecular complexity index is 3080. The van der Waals surface area contributed by atoms with Crippen molar-refractivity contribution < 1.29 is 33.4 Å². The van der Waals surface area contributed by atoms with Crippen molar-refractivity contribution in [1.82, 2.24) is 34.4 Å². The highest BCUT2D eigenvalue weighted by atomic mass is 35.5. The van der Waals surface area contributed by atoms with Gasteiger partial charge >= 0.3 is 5.97 Å². The van der Waals surface area contributed by atoms with Crippen LogP contribution in [0, 0.1) is 26.6 Å². The largest absolute Gasteiger partial charge is 0.493 e. The minimum absolute atomic E-state index is 0.108. The fourth-order valence-corrected chi connectivity index (χ4v) is 9.98. The second-order valence-corrected chi connectivity index (χ2v) is 17.5. The number of carbonyl (C=O) groups excluding carboxylic acids is 3. The number of aryl methyl sites for hydroxylation is 4. The molecule has 9 rings (SSSR count). The van der Waals surface area contributed by atoms with Gasteiger partial charge in [0.2, 0.25) is 11.8 Å². The molecule has 65 heavy (non-hydrogen) atoms. The molecule has 0 radical (unpaired) electrons. The van der Waals surface area contributed by atoms with Crippen molar-refractivity contribution in [1.29, 1.82) is 0 Å². The van der Waals surface area contributed by atoms with E-state index in [2.05, 4.69) is 15.3 Å². The number of imide groups is 1. The number of piperidine rings is 1. The number of nitrogens with zero attached hydrogens (tertiary/aromatic N) is 6. The molecular weight excluding hydrogens is 849 g/mol. The number of piperazine rings is 1. The zero-order chi connectivity index (χ0) is 45.7. The zero-order valence-electron chi connectivity index (χ0n) is 36.7. The first-order valence-electron chi connectivity index (χ1n) is 21.9. The molecule has 2 fully saturated rings. The van der Waals surface area contributed by atoms with Crippen LogP contribution >= 0.6 is 11.6 Å². The van der Waals surface area contributed by atoms with Crippen molar-refractivity contribution >= 4 is 67.9 Å². The normalized spacial score (nSPS) is 15.9. The number of pyridine rings is 1. The van der Waals surface area contributed by atoms with Crippen molar-refractivity contribution in [3.05, 3.63) is 123 Å². The van der Waals surface area contributed by atoms with Gasteiger partial charge in [-0.15, -0.1) is 0 Å². The lowest BCUT2D eigenvalue weighted by Crippen LogP contribution is -2.49. The van der Waals surface area contributed by atoms with Gasteiger partial charge in [0, 0.05) is 97.0 Å². The molecule has 15 heteroatoms. The van der Waals surface area contributed by atoms with E-state index in [9.17, 15) is 28.7 Å². The molecule has 1 unspecified atom stereocenters. The Morgan fingerprint density at radius 3 is 2.43 bits per heavy atom. The number of carboxylic acid groups (broad SMARTS) is 1. The standard InChI is InChI=1S/C50H49ClFN7O6/c1-28-39(38-14-17-43(60)54-48(38)61)27-33-25-32(10-16-41(33)53-28)49(62)58-21-18-57(19-22-58)20-23-59-46-37(13-15-40(51)45(46)44-29(2)55-56(4)30(44)3)36(47(59)50(63)64)8-6-24-65-42-9-5-7-31-26-34(52)11-12-35(31)42/h5,7,9-13,15-16,25-27,38H,6,8,14,17-24H2,1-4H3,(H,63,64)(H,54,60,61). The fraction of sp³-hybridized carbons (Fsp3) is 0.320. The maximum absolute atomic E-state index is 13.9.